The Morgan fingerprint density at radius 3 is 2.53 bits per heavy atom. The highest BCUT2D eigenvalue weighted by Gasteiger charge is 2.15. The van der Waals surface area contributed by atoms with E-state index in [9.17, 15) is 4.79 Å². The van der Waals surface area contributed by atoms with Gasteiger partial charge in [-0.15, -0.1) is 10.2 Å². The normalized spacial score (nSPS) is 10.9. The predicted molar refractivity (Wildman–Crippen MR) is 124 cm³/mol. The molecule has 3 aromatic rings. The molecule has 2 aromatic carbocycles. The number of nitrogens with zero attached hydrogens (tertiary/aromatic N) is 3. The Kier molecular flexibility index (Phi) is 8.07. The fourth-order valence-corrected chi connectivity index (χ4v) is 4.63. The van der Waals surface area contributed by atoms with Crippen LogP contribution in [0.5, 0.6) is 0 Å². The average molecular weight is 489 g/mol. The zero-order valence-corrected chi connectivity index (χ0v) is 19.7. The molecule has 1 aromatic heterocycles. The number of carbonyl (C=O) groups is 1. The first-order valence-electron chi connectivity index (χ1n) is 9.62. The van der Waals surface area contributed by atoms with Gasteiger partial charge in [0.25, 0.3) is 0 Å². The minimum Gasteiger partial charge on any atom is -0.383 e. The topological polar surface area (TPSA) is 69.0 Å². The van der Waals surface area contributed by atoms with E-state index in [1.165, 1.54) is 17.3 Å². The number of thioether (sulfide) groups is 1. The summed E-state index contributed by atoms with van der Waals surface area (Å²) in [5, 5.41) is 12.4. The maximum atomic E-state index is 12.6. The molecule has 0 bridgehead atoms. The molecule has 0 fully saturated rings. The number of aromatic nitrogens is 3. The standard InChI is InChI=1S/C22H25BrN4O2S/c1-15-11-18(23)12-16(2)21(15)24-20(28)14-30-22-26-25-19(27(22)9-10-29-3)13-17-7-5-4-6-8-17/h4-8,11-12H,9-10,13-14H2,1-3H3,(H,24,28). The molecule has 30 heavy (non-hydrogen) atoms. The fraction of sp³-hybridized carbons (Fsp3) is 0.318. The molecule has 3 rings (SSSR count). The molecule has 6 nitrogen and oxygen atoms in total. The highest BCUT2D eigenvalue weighted by Crippen LogP contribution is 2.26. The maximum absolute atomic E-state index is 12.6. The number of methoxy groups -OCH3 is 1. The van der Waals surface area contributed by atoms with E-state index in [4.69, 9.17) is 4.74 Å². The van der Waals surface area contributed by atoms with E-state index < -0.39 is 0 Å². The molecule has 0 atom stereocenters. The van der Waals surface area contributed by atoms with Crippen LogP contribution in [-0.4, -0.2) is 40.1 Å². The van der Waals surface area contributed by atoms with Gasteiger partial charge in [-0.25, -0.2) is 0 Å². The van der Waals surface area contributed by atoms with Crippen molar-refractivity contribution in [3.05, 3.63) is 69.5 Å². The van der Waals surface area contributed by atoms with Crippen LogP contribution in [0.1, 0.15) is 22.5 Å². The van der Waals surface area contributed by atoms with Crippen molar-refractivity contribution in [3.63, 3.8) is 0 Å². The van der Waals surface area contributed by atoms with Gasteiger partial charge in [0, 0.05) is 30.2 Å². The molecule has 8 heteroatoms. The smallest absolute Gasteiger partial charge is 0.234 e. The van der Waals surface area contributed by atoms with Crippen molar-refractivity contribution in [2.45, 2.75) is 32.0 Å². The van der Waals surface area contributed by atoms with Crippen LogP contribution >= 0.6 is 27.7 Å². The third-order valence-corrected chi connectivity index (χ3v) is 6.04. The van der Waals surface area contributed by atoms with E-state index in [1.807, 2.05) is 48.7 Å². The highest BCUT2D eigenvalue weighted by atomic mass is 79.9. The van der Waals surface area contributed by atoms with Crippen LogP contribution < -0.4 is 5.32 Å². The molecule has 0 aliphatic heterocycles. The van der Waals surface area contributed by atoms with Gasteiger partial charge in [-0.2, -0.15) is 0 Å². The van der Waals surface area contributed by atoms with Gasteiger partial charge in [0.2, 0.25) is 5.91 Å². The minimum atomic E-state index is -0.0700. The molecule has 1 N–H and O–H groups in total. The van der Waals surface area contributed by atoms with Crippen LogP contribution in [0.25, 0.3) is 0 Å². The van der Waals surface area contributed by atoms with E-state index in [0.29, 0.717) is 19.6 Å². The van der Waals surface area contributed by atoms with E-state index in [0.717, 1.165) is 32.3 Å². The molecule has 1 amide bonds. The summed E-state index contributed by atoms with van der Waals surface area (Å²) in [5.41, 5.74) is 4.07. The van der Waals surface area contributed by atoms with Crippen molar-refractivity contribution < 1.29 is 9.53 Å². The highest BCUT2D eigenvalue weighted by molar-refractivity contribution is 9.10. The third-order valence-electron chi connectivity index (χ3n) is 4.61. The Labute approximate surface area is 189 Å². The Morgan fingerprint density at radius 1 is 1.17 bits per heavy atom. The van der Waals surface area contributed by atoms with Gasteiger partial charge in [0.15, 0.2) is 5.16 Å². The van der Waals surface area contributed by atoms with E-state index in [1.54, 1.807) is 7.11 Å². The number of benzene rings is 2. The van der Waals surface area contributed by atoms with Gasteiger partial charge in [-0.3, -0.25) is 4.79 Å². The lowest BCUT2D eigenvalue weighted by atomic mass is 10.1. The second-order valence-corrected chi connectivity index (χ2v) is 8.82. The Balaban J connectivity index is 1.69. The van der Waals surface area contributed by atoms with Gasteiger partial charge < -0.3 is 14.6 Å². The van der Waals surface area contributed by atoms with Crippen LogP contribution in [0, 0.1) is 13.8 Å². The molecule has 0 aliphatic carbocycles. The monoisotopic (exact) mass is 488 g/mol. The number of aryl methyl sites for hydroxylation is 2. The van der Waals surface area contributed by atoms with Crippen molar-refractivity contribution >= 4 is 39.3 Å². The molecule has 158 valence electrons. The van der Waals surface area contributed by atoms with Crippen LogP contribution in [0.15, 0.2) is 52.1 Å². The number of rotatable bonds is 9. The van der Waals surface area contributed by atoms with Gasteiger partial charge in [0.05, 0.1) is 12.4 Å². The van der Waals surface area contributed by atoms with Crippen LogP contribution in [0.4, 0.5) is 5.69 Å². The first kappa shape index (κ1) is 22.5. The molecule has 0 unspecified atom stereocenters. The first-order chi connectivity index (χ1) is 14.5. The van der Waals surface area contributed by atoms with Crippen molar-refractivity contribution in [1.82, 2.24) is 14.8 Å². The van der Waals surface area contributed by atoms with E-state index in [-0.39, 0.29) is 11.7 Å². The largest absolute Gasteiger partial charge is 0.383 e. The van der Waals surface area contributed by atoms with Crippen molar-refractivity contribution in [2.75, 3.05) is 24.8 Å². The summed E-state index contributed by atoms with van der Waals surface area (Å²) >= 11 is 4.87. The van der Waals surface area contributed by atoms with E-state index >= 15 is 0 Å². The summed E-state index contributed by atoms with van der Waals surface area (Å²) in [6.45, 7) is 5.16. The van der Waals surface area contributed by atoms with Crippen LogP contribution in [0.2, 0.25) is 0 Å². The van der Waals surface area contributed by atoms with Gasteiger partial charge in [-0.05, 0) is 42.7 Å². The number of nitrogens with one attached hydrogen (secondary N) is 1. The SMILES string of the molecule is COCCn1c(Cc2ccccc2)nnc1SCC(=O)Nc1c(C)cc(Br)cc1C. The summed E-state index contributed by atoms with van der Waals surface area (Å²) in [7, 11) is 1.67. The number of carbonyl (C=O) groups excluding carboxylic acids is 1. The lowest BCUT2D eigenvalue weighted by Gasteiger charge is -2.13. The maximum Gasteiger partial charge on any atom is 0.234 e. The number of ether oxygens (including phenoxy) is 1. The van der Waals surface area contributed by atoms with Gasteiger partial charge >= 0.3 is 0 Å². The van der Waals surface area contributed by atoms with Crippen molar-refractivity contribution in [3.8, 4) is 0 Å². The fourth-order valence-electron chi connectivity index (χ4n) is 3.16. The Morgan fingerprint density at radius 2 is 1.87 bits per heavy atom. The Bertz CT molecular complexity index is 985. The Hall–Kier alpha value is -2.16. The molecule has 0 saturated heterocycles. The molecule has 1 heterocycles. The molecule has 0 radical (unpaired) electrons. The summed E-state index contributed by atoms with van der Waals surface area (Å²) in [6.07, 6.45) is 0.682. The number of hydrogen-bond donors (Lipinski definition) is 1. The van der Waals surface area contributed by atoms with Crippen molar-refractivity contribution in [1.29, 1.82) is 0 Å². The van der Waals surface area contributed by atoms with Gasteiger partial charge in [-0.1, -0.05) is 58.0 Å². The lowest BCUT2D eigenvalue weighted by Crippen LogP contribution is -2.17. The summed E-state index contributed by atoms with van der Waals surface area (Å²) in [5.74, 6) is 1.05. The number of halogens is 1. The number of hydrogen-bond acceptors (Lipinski definition) is 5. The summed E-state index contributed by atoms with van der Waals surface area (Å²) in [4.78, 5) is 12.6. The quantitative estimate of drug-likeness (QED) is 0.444. The molecule has 0 saturated carbocycles. The van der Waals surface area contributed by atoms with Crippen LogP contribution in [0.3, 0.4) is 0 Å². The lowest BCUT2D eigenvalue weighted by molar-refractivity contribution is -0.113. The molecular weight excluding hydrogens is 464 g/mol. The summed E-state index contributed by atoms with van der Waals surface area (Å²) < 4.78 is 8.28. The zero-order chi connectivity index (χ0) is 21.5. The predicted octanol–water partition coefficient (Wildman–Crippen LogP) is 4.63. The molecule has 0 aliphatic rings. The number of anilines is 1. The van der Waals surface area contributed by atoms with Crippen molar-refractivity contribution in [2.24, 2.45) is 0 Å². The third kappa shape index (κ3) is 5.93. The average Bonchev–Trinajstić information content (AvgIpc) is 3.09. The second-order valence-electron chi connectivity index (χ2n) is 6.96. The summed E-state index contributed by atoms with van der Waals surface area (Å²) in [6, 6.07) is 14.1. The minimum absolute atomic E-state index is 0.0700. The number of amides is 1. The van der Waals surface area contributed by atoms with Crippen LogP contribution in [-0.2, 0) is 22.5 Å². The molecule has 0 spiro atoms. The van der Waals surface area contributed by atoms with E-state index in [2.05, 4.69) is 43.6 Å². The zero-order valence-electron chi connectivity index (χ0n) is 17.3. The molecular formula is C22H25BrN4O2S. The first-order valence-corrected chi connectivity index (χ1v) is 11.4. The second kappa shape index (κ2) is 10.7. The van der Waals surface area contributed by atoms with Gasteiger partial charge in [0.1, 0.15) is 5.82 Å².